The summed E-state index contributed by atoms with van der Waals surface area (Å²) in [6.45, 7) is 3.25. The molecule has 1 aliphatic heterocycles. The lowest BCUT2D eigenvalue weighted by Crippen LogP contribution is -2.47. The minimum absolute atomic E-state index is 0. The van der Waals surface area contributed by atoms with E-state index in [-0.39, 0.29) is 43.0 Å². The number of guanidine groups is 1. The van der Waals surface area contributed by atoms with E-state index in [4.69, 9.17) is 0 Å². The summed E-state index contributed by atoms with van der Waals surface area (Å²) in [5.74, 6) is 0.781. The molecule has 0 aromatic carbocycles. The van der Waals surface area contributed by atoms with E-state index in [0.29, 0.717) is 29.7 Å². The van der Waals surface area contributed by atoms with Crippen LogP contribution in [0.3, 0.4) is 0 Å². The SMILES string of the molecule is CCCCNC(=NC)NCC1CCN(S(=O)(=O)C(F)(F)F)CC1.I. The summed E-state index contributed by atoms with van der Waals surface area (Å²) < 4.78 is 60.7. The summed E-state index contributed by atoms with van der Waals surface area (Å²) in [6, 6.07) is 0. The van der Waals surface area contributed by atoms with Crippen LogP contribution in [0.2, 0.25) is 0 Å². The molecule has 0 amide bonds. The molecule has 144 valence electrons. The molecule has 0 aliphatic carbocycles. The predicted octanol–water partition coefficient (Wildman–Crippen LogP) is 2.13. The van der Waals surface area contributed by atoms with Crippen molar-refractivity contribution in [2.45, 2.75) is 38.1 Å². The fraction of sp³-hybridized carbons (Fsp3) is 0.923. The summed E-state index contributed by atoms with van der Waals surface area (Å²) in [4.78, 5) is 4.07. The van der Waals surface area contributed by atoms with Crippen molar-refractivity contribution in [2.24, 2.45) is 10.9 Å². The van der Waals surface area contributed by atoms with E-state index >= 15 is 0 Å². The van der Waals surface area contributed by atoms with Gasteiger partial charge in [0, 0.05) is 33.2 Å². The minimum atomic E-state index is -5.22. The Morgan fingerprint density at radius 1 is 1.25 bits per heavy atom. The van der Waals surface area contributed by atoms with Gasteiger partial charge in [0.05, 0.1) is 0 Å². The molecular formula is C13H26F3IN4O2S. The number of aliphatic imine (C=N–C) groups is 1. The molecular weight excluding hydrogens is 460 g/mol. The Morgan fingerprint density at radius 3 is 2.29 bits per heavy atom. The van der Waals surface area contributed by atoms with E-state index in [9.17, 15) is 21.6 Å². The number of nitrogens with one attached hydrogen (secondary N) is 2. The number of hydrogen-bond donors (Lipinski definition) is 2. The molecule has 0 atom stereocenters. The van der Waals surface area contributed by atoms with Gasteiger partial charge < -0.3 is 10.6 Å². The molecule has 1 rings (SSSR count). The standard InChI is InChI=1S/C13H25F3N4O2S.HI/c1-3-4-7-18-12(17-2)19-10-11-5-8-20(9-6-11)23(21,22)13(14,15)16;/h11H,3-10H2,1-2H3,(H2,17,18,19);1H. The first-order valence-corrected chi connectivity index (χ1v) is 9.17. The number of halogens is 4. The Morgan fingerprint density at radius 2 is 1.83 bits per heavy atom. The van der Waals surface area contributed by atoms with E-state index in [1.165, 1.54) is 0 Å². The topological polar surface area (TPSA) is 73.8 Å². The lowest BCUT2D eigenvalue weighted by Gasteiger charge is -2.31. The maximum Gasteiger partial charge on any atom is 0.511 e. The summed E-state index contributed by atoms with van der Waals surface area (Å²) in [7, 11) is -3.54. The third-order valence-corrected chi connectivity index (χ3v) is 5.44. The van der Waals surface area contributed by atoms with Gasteiger partial charge in [0.2, 0.25) is 0 Å². The largest absolute Gasteiger partial charge is 0.511 e. The summed E-state index contributed by atoms with van der Waals surface area (Å²) >= 11 is 0. The van der Waals surface area contributed by atoms with Crippen molar-refractivity contribution in [1.82, 2.24) is 14.9 Å². The van der Waals surface area contributed by atoms with E-state index < -0.39 is 15.5 Å². The highest BCUT2D eigenvalue weighted by atomic mass is 127. The number of sulfonamides is 1. The number of unbranched alkanes of at least 4 members (excludes halogenated alkanes) is 1. The lowest BCUT2D eigenvalue weighted by molar-refractivity contribution is -0.0496. The molecule has 0 bridgehead atoms. The Bertz CT molecular complexity index is 492. The quantitative estimate of drug-likeness (QED) is 0.261. The van der Waals surface area contributed by atoms with E-state index in [0.717, 1.165) is 19.4 Å². The molecule has 0 radical (unpaired) electrons. The fourth-order valence-electron chi connectivity index (χ4n) is 2.35. The van der Waals surface area contributed by atoms with Gasteiger partial charge in [-0.05, 0) is 25.2 Å². The van der Waals surface area contributed by atoms with Gasteiger partial charge >= 0.3 is 15.5 Å². The van der Waals surface area contributed by atoms with Crippen LogP contribution in [0.4, 0.5) is 13.2 Å². The van der Waals surface area contributed by atoms with Crippen molar-refractivity contribution < 1.29 is 21.6 Å². The van der Waals surface area contributed by atoms with Gasteiger partial charge in [-0.3, -0.25) is 4.99 Å². The highest BCUT2D eigenvalue weighted by Crippen LogP contribution is 2.30. The number of piperidine rings is 1. The fourth-order valence-corrected chi connectivity index (χ4v) is 3.33. The normalized spacial score (nSPS) is 18.1. The minimum Gasteiger partial charge on any atom is -0.356 e. The zero-order valence-corrected chi connectivity index (χ0v) is 17.0. The van der Waals surface area contributed by atoms with Crippen LogP contribution in [0.5, 0.6) is 0 Å². The average molecular weight is 486 g/mol. The smallest absolute Gasteiger partial charge is 0.356 e. The van der Waals surface area contributed by atoms with E-state index in [1.54, 1.807) is 7.05 Å². The number of hydrogen-bond acceptors (Lipinski definition) is 3. The molecule has 0 unspecified atom stereocenters. The number of rotatable bonds is 6. The van der Waals surface area contributed by atoms with Crippen molar-refractivity contribution in [3.8, 4) is 0 Å². The van der Waals surface area contributed by atoms with Crippen molar-refractivity contribution in [3.63, 3.8) is 0 Å². The van der Waals surface area contributed by atoms with E-state index in [2.05, 4.69) is 22.5 Å². The van der Waals surface area contributed by atoms with Crippen molar-refractivity contribution in [3.05, 3.63) is 0 Å². The first-order valence-electron chi connectivity index (χ1n) is 7.73. The molecule has 2 N–H and O–H groups in total. The van der Waals surface area contributed by atoms with Crippen LogP contribution in [-0.2, 0) is 10.0 Å². The van der Waals surface area contributed by atoms with Gasteiger partial charge in [-0.15, -0.1) is 24.0 Å². The van der Waals surface area contributed by atoms with Gasteiger partial charge in [-0.2, -0.15) is 17.5 Å². The monoisotopic (exact) mass is 486 g/mol. The van der Waals surface area contributed by atoms with Gasteiger partial charge in [0.15, 0.2) is 5.96 Å². The van der Waals surface area contributed by atoms with Crippen LogP contribution in [0, 0.1) is 5.92 Å². The van der Waals surface area contributed by atoms with Crippen molar-refractivity contribution in [2.75, 3.05) is 33.2 Å². The molecule has 0 spiro atoms. The van der Waals surface area contributed by atoms with Gasteiger partial charge in [0.1, 0.15) is 0 Å². The van der Waals surface area contributed by atoms with Crippen LogP contribution in [-0.4, -0.2) is 57.4 Å². The van der Waals surface area contributed by atoms with Crippen LogP contribution in [0.1, 0.15) is 32.6 Å². The van der Waals surface area contributed by atoms with Gasteiger partial charge in [0.25, 0.3) is 0 Å². The number of nitrogens with zero attached hydrogens (tertiary/aromatic N) is 2. The zero-order chi connectivity index (χ0) is 17.5. The molecule has 1 heterocycles. The van der Waals surface area contributed by atoms with E-state index in [1.807, 2.05) is 0 Å². The Hall–Kier alpha value is -0.300. The molecule has 0 aromatic heterocycles. The number of alkyl halides is 3. The van der Waals surface area contributed by atoms with Crippen LogP contribution >= 0.6 is 24.0 Å². The average Bonchev–Trinajstić information content (AvgIpc) is 2.50. The zero-order valence-electron chi connectivity index (χ0n) is 13.9. The molecule has 0 aromatic rings. The summed E-state index contributed by atoms with van der Waals surface area (Å²) in [5, 5.41) is 6.28. The van der Waals surface area contributed by atoms with Crippen molar-refractivity contribution in [1.29, 1.82) is 0 Å². The molecule has 6 nitrogen and oxygen atoms in total. The molecule has 1 saturated heterocycles. The second kappa shape index (κ2) is 10.6. The Balaban J connectivity index is 0.00000529. The molecule has 0 saturated carbocycles. The van der Waals surface area contributed by atoms with Gasteiger partial charge in [-0.25, -0.2) is 8.42 Å². The van der Waals surface area contributed by atoms with Crippen LogP contribution in [0.15, 0.2) is 4.99 Å². The lowest BCUT2D eigenvalue weighted by atomic mass is 9.98. The maximum absolute atomic E-state index is 12.5. The second-order valence-corrected chi connectivity index (χ2v) is 7.46. The van der Waals surface area contributed by atoms with Gasteiger partial charge in [-0.1, -0.05) is 13.3 Å². The summed E-state index contributed by atoms with van der Waals surface area (Å²) in [6.07, 6.45) is 2.88. The second-order valence-electron chi connectivity index (χ2n) is 5.53. The molecule has 1 fully saturated rings. The Kier molecular flexibility index (Phi) is 10.5. The highest BCUT2D eigenvalue weighted by Gasteiger charge is 2.50. The first-order chi connectivity index (χ1) is 10.7. The third-order valence-electron chi connectivity index (χ3n) is 3.81. The van der Waals surface area contributed by atoms with Crippen molar-refractivity contribution >= 4 is 40.0 Å². The maximum atomic E-state index is 12.5. The van der Waals surface area contributed by atoms with Crippen LogP contribution in [0.25, 0.3) is 0 Å². The first kappa shape index (κ1) is 23.7. The molecule has 1 aliphatic rings. The highest BCUT2D eigenvalue weighted by molar-refractivity contribution is 14.0. The molecule has 11 heteroatoms. The summed E-state index contributed by atoms with van der Waals surface area (Å²) in [5.41, 5.74) is -5.22. The Labute approximate surface area is 158 Å². The predicted molar refractivity (Wildman–Crippen MR) is 99.0 cm³/mol. The van der Waals surface area contributed by atoms with Crippen LogP contribution < -0.4 is 10.6 Å². The third kappa shape index (κ3) is 6.90. The molecule has 24 heavy (non-hydrogen) atoms.